The number of likely N-dealkylation sites (N-methyl/N-ethyl adjacent to an activating group) is 1. The number of nitrogens with one attached hydrogen (secondary N) is 2. The molecule has 4 aromatic rings. The topological polar surface area (TPSA) is 435 Å². The summed E-state index contributed by atoms with van der Waals surface area (Å²) in [7, 11) is -26.7. The first-order valence-corrected chi connectivity index (χ1v) is 31.5. The number of hydrogen-bond donors (Lipinski definition) is 9. The van der Waals surface area contributed by atoms with Gasteiger partial charge in [-0.05, 0) is 87.6 Å². The molecule has 0 radical (unpaired) electrons. The number of aromatic nitrogens is 4. The second kappa shape index (κ2) is 22.0. The van der Waals surface area contributed by atoms with Crippen LogP contribution in [0.15, 0.2) is 94.9 Å². The molecule has 2 aliphatic carbocycles. The number of ether oxygens (including phenoxy) is 1. The Bertz CT molecular complexity index is 3630. The Morgan fingerprint density at radius 1 is 0.937 bits per heavy atom. The zero-order valence-corrected chi connectivity index (χ0v) is 46.6. The molecule has 2 aliphatic heterocycles. The lowest BCUT2D eigenvalue weighted by molar-refractivity contribution is -0.438. The Hall–Kier alpha value is -5.59. The van der Waals surface area contributed by atoms with Crippen LogP contribution in [0.4, 0.5) is 22.0 Å². The van der Waals surface area contributed by atoms with Gasteiger partial charge in [0.15, 0.2) is 17.2 Å². The molecular weight excluding hydrogens is 1140 g/mol. The Balaban J connectivity index is 0.891. The molecule has 0 spiro atoms. The number of aliphatic hydroxyl groups is 1. The molecule has 2 aromatic carbocycles. The van der Waals surface area contributed by atoms with Gasteiger partial charge in [0.1, 0.15) is 46.1 Å². The average Bonchev–Trinajstić information content (AvgIpc) is 2.56. The summed E-state index contributed by atoms with van der Waals surface area (Å²) in [6.07, 6.45) is 5.23. The van der Waals surface area contributed by atoms with Gasteiger partial charge in [0.25, 0.3) is 10.1 Å². The number of amides is 2. The predicted octanol–water partition coefficient (Wildman–Crippen LogP) is 3.46. The Labute approximate surface area is 451 Å². The first-order valence-electron chi connectivity index (χ1n) is 24.1. The number of phosphoric ester groups is 1. The smallest absolute Gasteiger partial charge is 0.490 e. The summed E-state index contributed by atoms with van der Waals surface area (Å²) in [6, 6.07) is 7.50. The van der Waals surface area contributed by atoms with Gasteiger partial charge in [-0.15, -0.1) is 0 Å². The molecule has 79 heavy (non-hydrogen) atoms. The van der Waals surface area contributed by atoms with Gasteiger partial charge in [-0.3, -0.25) is 13.9 Å². The van der Waals surface area contributed by atoms with Crippen LogP contribution in [-0.4, -0.2) is 137 Å². The highest BCUT2D eigenvalue weighted by Gasteiger charge is 2.59. The van der Waals surface area contributed by atoms with Crippen molar-refractivity contribution in [1.82, 2.24) is 30.2 Å². The standard InChI is InChI=1S/C45H56N9O20P3S2/c1-5-52-32-15-13-28(78(65,66)67)21-30(32)44(3)26(2)45(4)31-22-29(79(68,69)70)14-16-33(31)53(36(45)11-9-10-35(44)52)19-8-6-7-12-37(55)47-17-18-48-43(57)72-40-27(23-71-76(61,62)74-77(63,64)73-75(58,59)60)20-34(39(40)56)54-25-51-38-41(46)49-24-50-42(38)54/h9-11,13-16,21-22,24-25,27,34,39-40,56H,2,5-8,12,17-20,23H2,1,3-4H3,(H9-,46,47,48,49,50,55,57,58,59,60,61,62,63,64,65,66,67,68,69,70)/t27-,34-,39+,40-,44?,45?/m1/s1. The number of nitrogen functional groups attached to an aromatic ring is 1. The number of allylic oxidation sites excluding steroid dienone is 4. The van der Waals surface area contributed by atoms with Crippen LogP contribution < -0.4 is 21.3 Å². The Kier molecular flexibility index (Phi) is 16.6. The fourth-order valence-corrected chi connectivity index (χ4v) is 14.9. The molecule has 1 saturated carbocycles. The van der Waals surface area contributed by atoms with Gasteiger partial charge in [-0.2, -0.15) is 21.6 Å². The summed E-state index contributed by atoms with van der Waals surface area (Å²) in [4.78, 5) is 76.9. The highest BCUT2D eigenvalue weighted by atomic mass is 32.2. The minimum absolute atomic E-state index is 0.00469. The largest absolute Gasteiger partial charge is 0.744 e. The molecular formula is C45H56N9O20P3S2. The molecule has 2 aromatic heterocycles. The predicted molar refractivity (Wildman–Crippen MR) is 277 cm³/mol. The number of fused-ring (bicyclic) bond motifs is 7. The molecule has 8 rings (SSSR count). The maximum Gasteiger partial charge on any atom is 0.490 e. The molecule has 34 heteroatoms. The van der Waals surface area contributed by atoms with Gasteiger partial charge >= 0.3 is 29.6 Å². The molecule has 2 amide bonds. The molecule has 10 N–H and O–H groups in total. The highest BCUT2D eigenvalue weighted by molar-refractivity contribution is 7.86. The summed E-state index contributed by atoms with van der Waals surface area (Å²) in [6.45, 7) is 10.0. The van der Waals surface area contributed by atoms with Crippen LogP contribution >= 0.6 is 23.5 Å². The van der Waals surface area contributed by atoms with E-state index in [0.29, 0.717) is 66.1 Å². The number of imidazole rings is 1. The lowest BCUT2D eigenvalue weighted by atomic mass is 9.60. The van der Waals surface area contributed by atoms with E-state index in [0.717, 1.165) is 12.0 Å². The zero-order valence-electron chi connectivity index (χ0n) is 42.3. The van der Waals surface area contributed by atoms with Crippen molar-refractivity contribution >= 4 is 89.8 Å². The second-order valence-electron chi connectivity index (χ2n) is 19.2. The number of carbonyl (C=O) groups excluding carboxylic acids is 2. The van der Waals surface area contributed by atoms with Crippen molar-refractivity contribution in [2.75, 3.05) is 43.4 Å². The number of aliphatic hydroxyl groups excluding tert-OH is 1. The summed E-state index contributed by atoms with van der Waals surface area (Å²) < 4.78 is 129. The molecule has 0 bridgehead atoms. The van der Waals surface area contributed by atoms with Gasteiger partial charge in [-0.25, -0.2) is 41.9 Å². The third-order valence-corrected chi connectivity index (χ3v) is 19.9. The summed E-state index contributed by atoms with van der Waals surface area (Å²) in [5, 5.41) is 16.6. The molecule has 1 fully saturated rings. The van der Waals surface area contributed by atoms with E-state index in [1.807, 2.05) is 48.5 Å². The van der Waals surface area contributed by atoms with Gasteiger partial charge in [-0.1, -0.05) is 12.7 Å². The van der Waals surface area contributed by atoms with Crippen LogP contribution in [0, 0.1) is 5.92 Å². The molecule has 4 heterocycles. The van der Waals surface area contributed by atoms with E-state index in [2.05, 4.69) is 40.8 Å². The van der Waals surface area contributed by atoms with E-state index in [1.54, 1.807) is 12.1 Å². The van der Waals surface area contributed by atoms with Crippen molar-refractivity contribution in [1.29, 1.82) is 0 Å². The summed E-state index contributed by atoms with van der Waals surface area (Å²) in [5.41, 5.74) is 8.29. The number of carbonyl (C=O) groups is 2. The molecule has 428 valence electrons. The molecule has 4 unspecified atom stereocenters. The lowest BCUT2D eigenvalue weighted by Gasteiger charge is -2.40. The fraction of sp³-hybridized carbons (Fsp3) is 0.422. The number of rotatable bonds is 21. The first-order chi connectivity index (χ1) is 36.8. The quantitative estimate of drug-likeness (QED) is 0.0190. The van der Waals surface area contributed by atoms with E-state index in [9.17, 15) is 64.1 Å². The van der Waals surface area contributed by atoms with E-state index in [4.69, 9.17) is 24.8 Å². The van der Waals surface area contributed by atoms with Crippen LogP contribution in [0.3, 0.4) is 0 Å². The van der Waals surface area contributed by atoms with E-state index >= 15 is 0 Å². The number of phosphoric acid groups is 3. The fourth-order valence-electron chi connectivity index (χ4n) is 10.8. The van der Waals surface area contributed by atoms with Crippen molar-refractivity contribution in [2.45, 2.75) is 91.7 Å². The number of anilines is 2. The third-order valence-electron chi connectivity index (χ3n) is 14.4. The molecule has 0 saturated heterocycles. The van der Waals surface area contributed by atoms with Gasteiger partial charge < -0.3 is 59.8 Å². The van der Waals surface area contributed by atoms with Crippen LogP contribution in [0.1, 0.15) is 70.0 Å². The van der Waals surface area contributed by atoms with Gasteiger partial charge in [0.2, 0.25) is 11.6 Å². The normalized spacial score (nSPS) is 25.5. The van der Waals surface area contributed by atoms with Crippen LogP contribution in [-0.2, 0) is 67.4 Å². The van der Waals surface area contributed by atoms with Crippen LogP contribution in [0.25, 0.3) is 11.2 Å². The SMILES string of the molecule is C=C1C2(C)C(=[N+](CCCCCC(=O)NCCNC(=O)O[C@@H]3[C@@H](COP(=O)(O)OP(=O)(O)OP(=O)(O)O)C[C@@H](n4cnc5c(N)ncnc54)[C@@H]3O)c3ccc(S(=O)(=O)O)cc32)/C=C/C=C2/N(CC)c3ccc(S(=O)(=O)[O-])cc3C12C. The first kappa shape index (κ1) is 59.5. The van der Waals surface area contributed by atoms with Crippen molar-refractivity contribution in [2.24, 2.45) is 5.92 Å². The van der Waals surface area contributed by atoms with Crippen molar-refractivity contribution < 1.29 is 96.4 Å². The Morgan fingerprint density at radius 3 is 2.32 bits per heavy atom. The monoisotopic (exact) mass is 1200 g/mol. The maximum atomic E-state index is 13.1. The number of unbranched alkanes of at least 4 members (excludes halogenated alkanes) is 2. The maximum absolute atomic E-state index is 13.1. The third kappa shape index (κ3) is 12.1. The second-order valence-corrected chi connectivity index (χ2v) is 26.4. The number of alkyl carbamates (subject to hydrolysis) is 1. The number of nitrogens with zero attached hydrogens (tertiary/aromatic N) is 6. The zero-order chi connectivity index (χ0) is 57.8. The molecule has 4 aliphatic rings. The van der Waals surface area contributed by atoms with Crippen molar-refractivity contribution in [3.8, 4) is 0 Å². The van der Waals surface area contributed by atoms with E-state index in [-0.39, 0.29) is 53.7 Å². The van der Waals surface area contributed by atoms with E-state index in [1.165, 1.54) is 35.2 Å². The van der Waals surface area contributed by atoms with E-state index < -0.39 is 96.3 Å². The average molecular weight is 1200 g/mol. The van der Waals surface area contributed by atoms with Crippen molar-refractivity contribution in [3.63, 3.8) is 0 Å². The highest BCUT2D eigenvalue weighted by Crippen LogP contribution is 2.67. The lowest BCUT2D eigenvalue weighted by Crippen LogP contribution is -2.43. The number of benzene rings is 2. The summed E-state index contributed by atoms with van der Waals surface area (Å²) >= 11 is 0. The minimum Gasteiger partial charge on any atom is -0.744 e. The van der Waals surface area contributed by atoms with Gasteiger partial charge in [0, 0.05) is 67.5 Å². The van der Waals surface area contributed by atoms with Gasteiger partial charge in [0.05, 0.1) is 34.2 Å². The summed E-state index contributed by atoms with van der Waals surface area (Å²) in [5.74, 6) is -1.53. The molecule has 8 atom stereocenters. The van der Waals surface area contributed by atoms with Crippen LogP contribution in [0.5, 0.6) is 0 Å². The molecule has 29 nitrogen and oxygen atoms in total. The number of nitrogens with two attached hydrogens (primary N) is 1. The van der Waals surface area contributed by atoms with Crippen molar-refractivity contribution in [3.05, 3.63) is 96.3 Å². The van der Waals surface area contributed by atoms with Crippen LogP contribution in [0.2, 0.25) is 0 Å². The Morgan fingerprint density at radius 2 is 1.63 bits per heavy atom. The minimum atomic E-state index is -5.87. The number of hydrogen-bond acceptors (Lipinski definition) is 20.